The lowest BCUT2D eigenvalue weighted by Crippen LogP contribution is -2.87. The van der Waals surface area contributed by atoms with Crippen molar-refractivity contribution >= 4 is 34.8 Å². The van der Waals surface area contributed by atoms with Crippen LogP contribution in [0.5, 0.6) is 0 Å². The first-order valence-electron chi connectivity index (χ1n) is 8.91. The summed E-state index contributed by atoms with van der Waals surface area (Å²) in [5, 5.41) is 3.55. The van der Waals surface area contributed by atoms with Gasteiger partial charge in [0.25, 0.3) is 5.91 Å². The molecule has 1 saturated heterocycles. The molecule has 2 aromatic rings. The Morgan fingerprint density at radius 1 is 1.00 bits per heavy atom. The van der Waals surface area contributed by atoms with Gasteiger partial charge in [-0.2, -0.15) is 0 Å². The third-order valence-corrected chi connectivity index (χ3v) is 5.53. The predicted octanol–water partition coefficient (Wildman–Crippen LogP) is 2.97. The van der Waals surface area contributed by atoms with Crippen molar-refractivity contribution in [2.24, 2.45) is 0 Å². The van der Waals surface area contributed by atoms with Crippen molar-refractivity contribution in [3.63, 3.8) is 0 Å². The number of anilines is 1. The zero-order valence-electron chi connectivity index (χ0n) is 14.9. The number of carbonyl (C=O) groups excluding carboxylic acids is 1. The third-order valence-electron chi connectivity index (χ3n) is 4.87. The summed E-state index contributed by atoms with van der Waals surface area (Å²) < 4.78 is 0. The fourth-order valence-electron chi connectivity index (χ4n) is 3.28. The second-order valence-corrected chi connectivity index (χ2v) is 7.38. The van der Waals surface area contributed by atoms with Crippen molar-refractivity contribution < 1.29 is 10.1 Å². The molecule has 26 heavy (non-hydrogen) atoms. The van der Waals surface area contributed by atoms with E-state index in [1.54, 1.807) is 0 Å². The number of nitrogens with two attached hydrogens (primary N) is 1. The van der Waals surface area contributed by atoms with E-state index in [1.807, 2.05) is 58.7 Å². The summed E-state index contributed by atoms with van der Waals surface area (Å²) in [5.41, 5.74) is 2.10. The zero-order chi connectivity index (χ0) is 18.5. The molecule has 1 aliphatic rings. The normalized spacial score (nSPS) is 15.8. The summed E-state index contributed by atoms with van der Waals surface area (Å²) in [4.78, 5) is 16.7. The van der Waals surface area contributed by atoms with E-state index in [4.69, 9.17) is 23.2 Å². The second-order valence-electron chi connectivity index (χ2n) is 6.57. The molecule has 0 spiro atoms. The number of amides is 1. The van der Waals surface area contributed by atoms with Crippen LogP contribution < -0.4 is 10.2 Å². The molecule has 0 aromatic heterocycles. The summed E-state index contributed by atoms with van der Waals surface area (Å²) >= 11 is 12.5. The Kier molecular flexibility index (Phi) is 6.41. The van der Waals surface area contributed by atoms with Gasteiger partial charge in [-0.05, 0) is 25.1 Å². The standard InChI is InChI=1S/C20H23Cl2N3O/c1-15(16-6-2-3-7-17(16)21)23-14-20(26)25-12-10-24(11-13-25)19-9-5-4-8-18(19)22/h2-9,15,23H,10-14H2,1H3/p+1/t15-/m1/s1. The molecule has 1 amide bonds. The molecule has 3 rings (SSSR count). The number of hydrogen-bond acceptors (Lipinski definition) is 2. The van der Waals surface area contributed by atoms with Gasteiger partial charge in [-0.25, -0.2) is 0 Å². The van der Waals surface area contributed by atoms with Crippen molar-refractivity contribution in [3.05, 3.63) is 64.1 Å². The minimum atomic E-state index is 0.150. The average Bonchev–Trinajstić information content (AvgIpc) is 2.67. The van der Waals surface area contributed by atoms with Gasteiger partial charge in [0.1, 0.15) is 6.04 Å². The van der Waals surface area contributed by atoms with Crippen molar-refractivity contribution in [3.8, 4) is 0 Å². The third kappa shape index (κ3) is 4.50. The van der Waals surface area contributed by atoms with Gasteiger partial charge >= 0.3 is 0 Å². The van der Waals surface area contributed by atoms with Crippen LogP contribution in [0.3, 0.4) is 0 Å². The zero-order valence-corrected chi connectivity index (χ0v) is 16.4. The molecule has 0 unspecified atom stereocenters. The molecule has 0 bridgehead atoms. The van der Waals surface area contributed by atoms with Crippen LogP contribution >= 0.6 is 23.2 Å². The fourth-order valence-corrected chi connectivity index (χ4v) is 3.85. The van der Waals surface area contributed by atoms with Gasteiger partial charge < -0.3 is 15.1 Å². The molecule has 2 aromatic carbocycles. The Morgan fingerprint density at radius 2 is 1.62 bits per heavy atom. The van der Waals surface area contributed by atoms with E-state index in [-0.39, 0.29) is 11.9 Å². The molecule has 1 heterocycles. The van der Waals surface area contributed by atoms with Gasteiger partial charge in [-0.1, -0.05) is 53.5 Å². The molecule has 0 saturated carbocycles. The van der Waals surface area contributed by atoms with E-state index in [0.717, 1.165) is 47.5 Å². The van der Waals surface area contributed by atoms with Crippen LogP contribution in [0.1, 0.15) is 18.5 Å². The smallest absolute Gasteiger partial charge is 0.277 e. The van der Waals surface area contributed by atoms with Gasteiger partial charge in [0.05, 0.1) is 10.7 Å². The van der Waals surface area contributed by atoms with Gasteiger partial charge in [0, 0.05) is 36.8 Å². The number of rotatable bonds is 5. The molecule has 4 nitrogen and oxygen atoms in total. The maximum Gasteiger partial charge on any atom is 0.277 e. The van der Waals surface area contributed by atoms with Crippen molar-refractivity contribution in [1.82, 2.24) is 4.90 Å². The van der Waals surface area contributed by atoms with Crippen LogP contribution in [0.25, 0.3) is 0 Å². The Morgan fingerprint density at radius 3 is 2.27 bits per heavy atom. The van der Waals surface area contributed by atoms with Gasteiger partial charge in [-0.3, -0.25) is 4.79 Å². The molecule has 1 aliphatic heterocycles. The number of carbonyl (C=O) groups is 1. The maximum atomic E-state index is 12.5. The van der Waals surface area contributed by atoms with E-state index in [9.17, 15) is 4.79 Å². The van der Waals surface area contributed by atoms with E-state index in [1.165, 1.54) is 0 Å². The Hall–Kier alpha value is -1.75. The van der Waals surface area contributed by atoms with Crippen molar-refractivity contribution in [2.45, 2.75) is 13.0 Å². The quantitative estimate of drug-likeness (QED) is 0.849. The number of para-hydroxylation sites is 1. The largest absolute Gasteiger partial charge is 0.367 e. The van der Waals surface area contributed by atoms with E-state index >= 15 is 0 Å². The van der Waals surface area contributed by atoms with Crippen LogP contribution in [-0.4, -0.2) is 43.5 Å². The monoisotopic (exact) mass is 392 g/mol. The summed E-state index contributed by atoms with van der Waals surface area (Å²) in [6.45, 7) is 5.55. The van der Waals surface area contributed by atoms with Crippen LogP contribution in [0.2, 0.25) is 10.0 Å². The Balaban J connectivity index is 1.50. The first-order chi connectivity index (χ1) is 12.6. The summed E-state index contributed by atoms with van der Waals surface area (Å²) in [7, 11) is 0. The highest BCUT2D eigenvalue weighted by atomic mass is 35.5. The lowest BCUT2D eigenvalue weighted by molar-refractivity contribution is -0.683. The predicted molar refractivity (Wildman–Crippen MR) is 107 cm³/mol. The van der Waals surface area contributed by atoms with E-state index in [2.05, 4.69) is 11.8 Å². The minimum Gasteiger partial charge on any atom is -0.367 e. The molecule has 0 aliphatic carbocycles. The molecule has 6 heteroatoms. The van der Waals surface area contributed by atoms with Crippen LogP contribution in [0, 0.1) is 0 Å². The highest BCUT2D eigenvalue weighted by Gasteiger charge is 2.24. The van der Waals surface area contributed by atoms with E-state index < -0.39 is 0 Å². The number of hydrogen-bond donors (Lipinski definition) is 1. The molecule has 138 valence electrons. The highest BCUT2D eigenvalue weighted by molar-refractivity contribution is 6.33. The van der Waals surface area contributed by atoms with Gasteiger partial charge in [0.2, 0.25) is 0 Å². The van der Waals surface area contributed by atoms with Crippen molar-refractivity contribution in [1.29, 1.82) is 0 Å². The number of piperazine rings is 1. The summed E-state index contributed by atoms with van der Waals surface area (Å²) in [6.07, 6.45) is 0. The first-order valence-corrected chi connectivity index (χ1v) is 9.67. The first kappa shape index (κ1) is 19.0. The molecule has 1 atom stereocenters. The van der Waals surface area contributed by atoms with Gasteiger partial charge in [0.15, 0.2) is 6.54 Å². The maximum absolute atomic E-state index is 12.5. The lowest BCUT2D eigenvalue weighted by Gasteiger charge is -2.36. The lowest BCUT2D eigenvalue weighted by atomic mass is 10.1. The van der Waals surface area contributed by atoms with Gasteiger partial charge in [-0.15, -0.1) is 0 Å². The Bertz CT molecular complexity index is 760. The SMILES string of the molecule is C[C@@H]([NH2+]CC(=O)N1CCN(c2ccccc2Cl)CC1)c1ccccc1Cl. The summed E-state index contributed by atoms with van der Waals surface area (Å²) in [6, 6.07) is 15.8. The molecule has 2 N–H and O–H groups in total. The minimum absolute atomic E-state index is 0.150. The molecular weight excluding hydrogens is 369 g/mol. The topological polar surface area (TPSA) is 40.2 Å². The van der Waals surface area contributed by atoms with Crippen LogP contribution in [0.15, 0.2) is 48.5 Å². The van der Waals surface area contributed by atoms with E-state index in [0.29, 0.717) is 6.54 Å². The highest BCUT2D eigenvalue weighted by Crippen LogP contribution is 2.26. The molecule has 0 radical (unpaired) electrons. The number of nitrogens with zero attached hydrogens (tertiary/aromatic N) is 2. The molecule has 1 fully saturated rings. The Labute approximate surface area is 164 Å². The average molecular weight is 393 g/mol. The number of quaternary nitrogens is 1. The van der Waals surface area contributed by atoms with Crippen LogP contribution in [-0.2, 0) is 4.79 Å². The number of benzene rings is 2. The second kappa shape index (κ2) is 8.76. The van der Waals surface area contributed by atoms with Crippen molar-refractivity contribution in [2.75, 3.05) is 37.6 Å². The number of halogens is 2. The fraction of sp³-hybridized carbons (Fsp3) is 0.350. The van der Waals surface area contributed by atoms with Crippen LogP contribution in [0.4, 0.5) is 5.69 Å². The molecular formula is C20H24Cl2N3O+. The summed E-state index contributed by atoms with van der Waals surface area (Å²) in [5.74, 6) is 0.169.